The number of rotatable bonds is 14. The van der Waals surface area contributed by atoms with Crippen LogP contribution in [-0.2, 0) is 29.0 Å². The Balaban J connectivity index is 1.55. The van der Waals surface area contributed by atoms with Crippen molar-refractivity contribution < 1.29 is 32.4 Å². The highest BCUT2D eigenvalue weighted by Gasteiger charge is 2.70. The second-order valence-electron chi connectivity index (χ2n) is 17.9. The van der Waals surface area contributed by atoms with Crippen molar-refractivity contribution in [2.24, 2.45) is 28.6 Å². The number of hydrogen-bond acceptors (Lipinski definition) is 7. The molecule has 3 aliphatic carbocycles. The summed E-state index contributed by atoms with van der Waals surface area (Å²) in [6.45, 7) is 18.6. The van der Waals surface area contributed by atoms with Gasteiger partial charge in [-0.05, 0) is 75.0 Å². The van der Waals surface area contributed by atoms with Gasteiger partial charge in [0.15, 0.2) is 9.84 Å². The summed E-state index contributed by atoms with van der Waals surface area (Å²) in [5, 5.41) is 11.3. The molecule has 50 heavy (non-hydrogen) atoms. The summed E-state index contributed by atoms with van der Waals surface area (Å²) in [5.74, 6) is -2.22. The van der Waals surface area contributed by atoms with Crippen LogP contribution in [0.3, 0.4) is 0 Å². The standard InChI is InChI=1S/C37H61N5O7S/c1-10-20-38-31(45)28(43)25(17-16-23-14-15-23)39-30(44)27-26-24(36(26,8)9)21-42(27)32(46)29(34(2,3)4)40-33(47)41-37(18-12-11-13-19-37)22-50(48,49)35(5,6)7/h10,23-27,29H,1,11-22H2,2-9H3,(H,38,45)(H,39,44)(H2,40,41,47)/t24-,25+,26-,27-,29+/m0/s1. The number of urea groups is 1. The van der Waals surface area contributed by atoms with Crippen molar-refractivity contribution in [3.05, 3.63) is 12.7 Å². The van der Waals surface area contributed by atoms with Crippen LogP contribution in [-0.4, -0.2) is 90.1 Å². The number of likely N-dealkylation sites (tertiary alicyclic amines) is 1. The van der Waals surface area contributed by atoms with Gasteiger partial charge in [-0.15, -0.1) is 6.58 Å². The molecule has 13 heteroatoms. The maximum atomic E-state index is 14.5. The van der Waals surface area contributed by atoms with Crippen LogP contribution in [0.5, 0.6) is 0 Å². The van der Waals surface area contributed by atoms with Gasteiger partial charge in [0.25, 0.3) is 5.91 Å². The molecular weight excluding hydrogens is 659 g/mol. The monoisotopic (exact) mass is 719 g/mol. The van der Waals surface area contributed by atoms with Crippen molar-refractivity contribution in [3.8, 4) is 0 Å². The van der Waals surface area contributed by atoms with E-state index in [9.17, 15) is 32.4 Å². The van der Waals surface area contributed by atoms with Gasteiger partial charge in [0, 0.05) is 13.1 Å². The summed E-state index contributed by atoms with van der Waals surface area (Å²) in [4.78, 5) is 69.8. The van der Waals surface area contributed by atoms with E-state index >= 15 is 0 Å². The van der Waals surface area contributed by atoms with E-state index in [4.69, 9.17) is 0 Å². The minimum Gasteiger partial charge on any atom is -0.346 e. The maximum absolute atomic E-state index is 14.5. The number of amides is 5. The van der Waals surface area contributed by atoms with Crippen molar-refractivity contribution in [1.29, 1.82) is 0 Å². The minimum atomic E-state index is -3.56. The van der Waals surface area contributed by atoms with Gasteiger partial charge in [0.05, 0.1) is 22.1 Å². The number of carbonyl (C=O) groups is 5. The first-order chi connectivity index (χ1) is 23.0. The highest BCUT2D eigenvalue weighted by atomic mass is 32.2. The van der Waals surface area contributed by atoms with Gasteiger partial charge in [0.2, 0.25) is 17.6 Å². The van der Waals surface area contributed by atoms with Crippen LogP contribution in [0, 0.1) is 28.6 Å². The first kappa shape index (κ1) is 39.8. The first-order valence-corrected chi connectivity index (χ1v) is 20.0. The second-order valence-corrected chi connectivity index (χ2v) is 20.7. The molecule has 5 amide bonds. The lowest BCUT2D eigenvalue weighted by atomic mass is 9.83. The van der Waals surface area contributed by atoms with Crippen molar-refractivity contribution in [3.63, 3.8) is 0 Å². The molecule has 0 unspecified atom stereocenters. The predicted molar refractivity (Wildman–Crippen MR) is 193 cm³/mol. The zero-order valence-electron chi connectivity index (χ0n) is 31.4. The largest absolute Gasteiger partial charge is 0.346 e. The zero-order valence-corrected chi connectivity index (χ0v) is 32.3. The SMILES string of the molecule is C=CCNC(=O)C(=O)[C@@H](CCC1CC1)NC(=O)[C@@H]1[C@@H]2[C@H](CN1C(=O)[C@@H](NC(=O)NC1(CS(=O)(=O)C(C)(C)C)CCCCC1)C(C)(C)C)C2(C)C. The zero-order chi connectivity index (χ0) is 37.4. The third-order valence-electron chi connectivity index (χ3n) is 11.6. The molecule has 3 saturated carbocycles. The van der Waals surface area contributed by atoms with E-state index in [1.54, 1.807) is 20.8 Å². The van der Waals surface area contributed by atoms with Gasteiger partial charge < -0.3 is 26.2 Å². The van der Waals surface area contributed by atoms with E-state index in [0.29, 0.717) is 38.1 Å². The molecule has 4 N–H and O–H groups in total. The van der Waals surface area contributed by atoms with Gasteiger partial charge in [-0.3, -0.25) is 19.2 Å². The molecule has 12 nitrogen and oxygen atoms in total. The van der Waals surface area contributed by atoms with Crippen molar-refractivity contribution in [2.75, 3.05) is 18.8 Å². The molecule has 5 atom stereocenters. The maximum Gasteiger partial charge on any atom is 0.315 e. The highest BCUT2D eigenvalue weighted by Crippen LogP contribution is 2.65. The molecule has 0 bridgehead atoms. The van der Waals surface area contributed by atoms with E-state index in [1.165, 1.54) is 11.0 Å². The average Bonchev–Trinajstić information content (AvgIpc) is 3.87. The summed E-state index contributed by atoms with van der Waals surface area (Å²) < 4.78 is 25.7. The molecule has 0 aromatic heterocycles. The summed E-state index contributed by atoms with van der Waals surface area (Å²) in [6, 6.07) is -3.56. The average molecular weight is 720 g/mol. The molecule has 4 aliphatic rings. The normalized spacial score (nSPS) is 25.4. The molecule has 4 rings (SSSR count). The van der Waals surface area contributed by atoms with E-state index in [2.05, 4.69) is 41.7 Å². The van der Waals surface area contributed by atoms with E-state index in [0.717, 1.165) is 32.1 Å². The fraction of sp³-hybridized carbons (Fsp3) is 0.811. The Bertz CT molecular complexity index is 1450. The summed E-state index contributed by atoms with van der Waals surface area (Å²) in [5.41, 5.74) is -1.93. The van der Waals surface area contributed by atoms with Crippen LogP contribution in [0.4, 0.5) is 4.79 Å². The van der Waals surface area contributed by atoms with Gasteiger partial charge >= 0.3 is 6.03 Å². The molecule has 1 aliphatic heterocycles. The number of fused-ring (bicyclic) bond motifs is 1. The first-order valence-electron chi connectivity index (χ1n) is 18.4. The van der Waals surface area contributed by atoms with Crippen LogP contribution >= 0.6 is 0 Å². The molecule has 0 spiro atoms. The van der Waals surface area contributed by atoms with E-state index in [-0.39, 0.29) is 29.5 Å². The number of piperidine rings is 1. The Kier molecular flexibility index (Phi) is 11.6. The van der Waals surface area contributed by atoms with Gasteiger partial charge in [0.1, 0.15) is 12.1 Å². The Morgan fingerprint density at radius 3 is 2.12 bits per heavy atom. The molecule has 282 valence electrons. The van der Waals surface area contributed by atoms with Gasteiger partial charge in [-0.2, -0.15) is 0 Å². The topological polar surface area (TPSA) is 171 Å². The Hall–Kier alpha value is -2.96. The second kappa shape index (κ2) is 14.6. The minimum absolute atomic E-state index is 0.0567. The lowest BCUT2D eigenvalue weighted by Gasteiger charge is -2.41. The van der Waals surface area contributed by atoms with Crippen molar-refractivity contribution >= 4 is 39.4 Å². The number of nitrogens with zero attached hydrogens (tertiary/aromatic N) is 1. The molecule has 1 heterocycles. The summed E-state index contributed by atoms with van der Waals surface area (Å²) in [7, 11) is -3.56. The molecule has 0 aromatic carbocycles. The quantitative estimate of drug-likeness (QED) is 0.157. The lowest BCUT2D eigenvalue weighted by molar-refractivity contribution is -0.145. The number of Topliss-reactive ketones (excluding diaryl/α,β-unsaturated/α-hetero) is 1. The van der Waals surface area contributed by atoms with Crippen LogP contribution in [0.25, 0.3) is 0 Å². The van der Waals surface area contributed by atoms with E-state index in [1.807, 2.05) is 20.8 Å². The van der Waals surface area contributed by atoms with Crippen molar-refractivity contribution in [2.45, 2.75) is 142 Å². The van der Waals surface area contributed by atoms with Crippen LogP contribution < -0.4 is 21.3 Å². The van der Waals surface area contributed by atoms with Crippen LogP contribution in [0.2, 0.25) is 0 Å². The predicted octanol–water partition coefficient (Wildman–Crippen LogP) is 3.65. The Morgan fingerprint density at radius 1 is 0.960 bits per heavy atom. The molecule has 1 saturated heterocycles. The smallest absolute Gasteiger partial charge is 0.315 e. The third kappa shape index (κ3) is 8.91. The third-order valence-corrected chi connectivity index (χ3v) is 14.4. The Labute approximate surface area is 299 Å². The van der Waals surface area contributed by atoms with Crippen molar-refractivity contribution in [1.82, 2.24) is 26.2 Å². The highest BCUT2D eigenvalue weighted by molar-refractivity contribution is 7.92. The van der Waals surface area contributed by atoms with Gasteiger partial charge in [-0.1, -0.05) is 72.8 Å². The van der Waals surface area contributed by atoms with E-state index < -0.39 is 73.2 Å². The number of ketones is 1. The number of sulfone groups is 1. The van der Waals surface area contributed by atoms with Gasteiger partial charge in [-0.25, -0.2) is 13.2 Å². The summed E-state index contributed by atoms with van der Waals surface area (Å²) in [6.07, 6.45) is 8.18. The number of nitrogens with one attached hydrogen (secondary N) is 4. The Morgan fingerprint density at radius 2 is 1.58 bits per heavy atom. The molecule has 4 fully saturated rings. The molecular formula is C37H61N5O7S. The number of carbonyl (C=O) groups excluding carboxylic acids is 5. The fourth-order valence-corrected chi connectivity index (χ4v) is 9.42. The van der Waals surface area contributed by atoms with Crippen LogP contribution in [0.1, 0.15) is 113 Å². The molecule has 0 radical (unpaired) electrons. The number of hydrogen-bond donors (Lipinski definition) is 4. The summed E-state index contributed by atoms with van der Waals surface area (Å²) >= 11 is 0. The molecule has 0 aromatic rings. The lowest BCUT2D eigenvalue weighted by Crippen LogP contribution is -2.64. The van der Waals surface area contributed by atoms with Crippen LogP contribution in [0.15, 0.2) is 12.7 Å². The fourth-order valence-electron chi connectivity index (χ4n) is 7.90.